The van der Waals surface area contributed by atoms with Crippen molar-refractivity contribution >= 4 is 10.8 Å². The number of hydrogen-bond acceptors (Lipinski definition) is 2. The van der Waals surface area contributed by atoms with E-state index in [-0.39, 0.29) is 5.63 Å². The Balaban J connectivity index is 2.96. The summed E-state index contributed by atoms with van der Waals surface area (Å²) in [5, 5.41) is 1.58. The van der Waals surface area contributed by atoms with Gasteiger partial charge in [-0.25, -0.2) is 4.79 Å². The molecule has 0 saturated carbocycles. The van der Waals surface area contributed by atoms with Gasteiger partial charge in [0.1, 0.15) is 0 Å². The SMILES string of the molecule is Cc1ccc2c(=O)occc2c1. The van der Waals surface area contributed by atoms with Gasteiger partial charge in [0.05, 0.1) is 11.6 Å². The van der Waals surface area contributed by atoms with Crippen LogP contribution >= 0.6 is 0 Å². The summed E-state index contributed by atoms with van der Waals surface area (Å²) in [6.07, 6.45) is 1.42. The van der Waals surface area contributed by atoms with E-state index in [4.69, 9.17) is 4.42 Å². The molecule has 0 atom stereocenters. The number of hydrogen-bond donors (Lipinski definition) is 0. The number of fused-ring (bicyclic) bond motifs is 1. The molecule has 2 heteroatoms. The van der Waals surface area contributed by atoms with Gasteiger partial charge in [-0.1, -0.05) is 17.7 Å². The highest BCUT2D eigenvalue weighted by Crippen LogP contribution is 2.10. The predicted octanol–water partition coefficient (Wildman–Crippen LogP) is 2.10. The Kier molecular flexibility index (Phi) is 1.47. The summed E-state index contributed by atoms with van der Waals surface area (Å²) in [5.74, 6) is 0. The average Bonchev–Trinajstić information content (AvgIpc) is 2.04. The number of rotatable bonds is 0. The van der Waals surface area contributed by atoms with E-state index in [2.05, 4.69) is 0 Å². The zero-order valence-electron chi connectivity index (χ0n) is 6.70. The Morgan fingerprint density at radius 1 is 1.25 bits per heavy atom. The third-order valence-corrected chi connectivity index (χ3v) is 1.85. The Labute approximate surface area is 69.4 Å². The summed E-state index contributed by atoms with van der Waals surface area (Å²) in [6.45, 7) is 1.99. The van der Waals surface area contributed by atoms with Gasteiger partial charge in [-0.15, -0.1) is 0 Å². The van der Waals surface area contributed by atoms with E-state index in [0.717, 1.165) is 10.9 Å². The van der Waals surface area contributed by atoms with Crippen LogP contribution in [0.25, 0.3) is 10.8 Å². The fourth-order valence-electron chi connectivity index (χ4n) is 1.24. The average molecular weight is 160 g/mol. The van der Waals surface area contributed by atoms with Crippen LogP contribution in [0.15, 0.2) is 39.7 Å². The van der Waals surface area contributed by atoms with Crippen LogP contribution < -0.4 is 5.63 Å². The lowest BCUT2D eigenvalue weighted by Crippen LogP contribution is -1.97. The molecule has 2 rings (SSSR count). The smallest absolute Gasteiger partial charge is 0.343 e. The van der Waals surface area contributed by atoms with Gasteiger partial charge < -0.3 is 4.42 Å². The van der Waals surface area contributed by atoms with Gasteiger partial charge in [-0.05, 0) is 24.4 Å². The monoisotopic (exact) mass is 160 g/mol. The van der Waals surface area contributed by atoms with Gasteiger partial charge in [0.25, 0.3) is 0 Å². The maximum Gasteiger partial charge on any atom is 0.343 e. The normalized spacial score (nSPS) is 10.4. The quantitative estimate of drug-likeness (QED) is 0.590. The van der Waals surface area contributed by atoms with Crippen molar-refractivity contribution in [2.24, 2.45) is 0 Å². The first-order valence-electron chi connectivity index (χ1n) is 3.75. The van der Waals surface area contributed by atoms with Gasteiger partial charge in [0.15, 0.2) is 0 Å². The molecule has 60 valence electrons. The number of aryl methyl sites for hydroxylation is 1. The Morgan fingerprint density at radius 3 is 2.92 bits per heavy atom. The van der Waals surface area contributed by atoms with Crippen LogP contribution in [0.3, 0.4) is 0 Å². The Morgan fingerprint density at radius 2 is 2.08 bits per heavy atom. The third kappa shape index (κ3) is 1.01. The lowest BCUT2D eigenvalue weighted by Gasteiger charge is -1.95. The predicted molar refractivity (Wildman–Crippen MR) is 47.2 cm³/mol. The van der Waals surface area contributed by atoms with E-state index < -0.39 is 0 Å². The summed E-state index contributed by atoms with van der Waals surface area (Å²) < 4.78 is 4.72. The summed E-state index contributed by atoms with van der Waals surface area (Å²) in [5.41, 5.74) is 0.876. The van der Waals surface area contributed by atoms with Crippen molar-refractivity contribution < 1.29 is 4.42 Å². The molecule has 1 heterocycles. The van der Waals surface area contributed by atoms with Crippen molar-refractivity contribution in [1.82, 2.24) is 0 Å². The van der Waals surface area contributed by atoms with Crippen molar-refractivity contribution in [2.75, 3.05) is 0 Å². The first-order chi connectivity index (χ1) is 5.77. The van der Waals surface area contributed by atoms with Crippen LogP contribution in [0, 0.1) is 6.92 Å². The van der Waals surface area contributed by atoms with Crippen LogP contribution in [0.1, 0.15) is 5.56 Å². The first-order valence-corrected chi connectivity index (χ1v) is 3.75. The van der Waals surface area contributed by atoms with Crippen LogP contribution in [0.4, 0.5) is 0 Å². The van der Waals surface area contributed by atoms with Crippen molar-refractivity contribution in [3.05, 3.63) is 46.5 Å². The van der Waals surface area contributed by atoms with Crippen LogP contribution in [0.5, 0.6) is 0 Å². The molecule has 0 saturated heterocycles. The van der Waals surface area contributed by atoms with Crippen molar-refractivity contribution in [3.63, 3.8) is 0 Å². The molecule has 0 N–H and O–H groups in total. The van der Waals surface area contributed by atoms with Crippen molar-refractivity contribution in [3.8, 4) is 0 Å². The standard InChI is InChI=1S/C10H8O2/c1-7-2-3-9-8(6-7)4-5-12-10(9)11/h2-6H,1H3. The molecule has 0 aliphatic heterocycles. The molecule has 0 aliphatic carbocycles. The molecule has 1 aromatic carbocycles. The van der Waals surface area contributed by atoms with E-state index in [1.165, 1.54) is 6.26 Å². The molecule has 0 amide bonds. The van der Waals surface area contributed by atoms with Gasteiger partial charge in [0.2, 0.25) is 0 Å². The third-order valence-electron chi connectivity index (χ3n) is 1.85. The molecule has 0 radical (unpaired) electrons. The fraction of sp³-hybridized carbons (Fsp3) is 0.100. The molecule has 2 aromatic rings. The maximum atomic E-state index is 11.1. The molecule has 0 fully saturated rings. The molecular weight excluding hydrogens is 152 g/mol. The summed E-state index contributed by atoms with van der Waals surface area (Å²) >= 11 is 0. The minimum Gasteiger partial charge on any atom is -0.431 e. The maximum absolute atomic E-state index is 11.1. The minimum atomic E-state index is -0.271. The Hall–Kier alpha value is -1.57. The lowest BCUT2D eigenvalue weighted by molar-refractivity contribution is 0.519. The van der Waals surface area contributed by atoms with Crippen molar-refractivity contribution in [2.45, 2.75) is 6.92 Å². The molecule has 0 bridgehead atoms. The van der Waals surface area contributed by atoms with E-state index >= 15 is 0 Å². The van der Waals surface area contributed by atoms with E-state index in [0.29, 0.717) is 5.39 Å². The van der Waals surface area contributed by atoms with Gasteiger partial charge in [-0.2, -0.15) is 0 Å². The Bertz CT molecular complexity index is 468. The highest BCUT2D eigenvalue weighted by molar-refractivity contribution is 5.81. The van der Waals surface area contributed by atoms with Gasteiger partial charge in [0, 0.05) is 0 Å². The second kappa shape index (κ2) is 2.48. The largest absolute Gasteiger partial charge is 0.431 e. The molecule has 1 aromatic heterocycles. The highest BCUT2D eigenvalue weighted by atomic mass is 16.4. The topological polar surface area (TPSA) is 30.2 Å². The summed E-state index contributed by atoms with van der Waals surface area (Å²) in [4.78, 5) is 11.1. The first kappa shape index (κ1) is 7.10. The highest BCUT2D eigenvalue weighted by Gasteiger charge is 1.97. The van der Waals surface area contributed by atoms with Crippen LogP contribution in [-0.4, -0.2) is 0 Å². The zero-order chi connectivity index (χ0) is 8.55. The molecule has 0 unspecified atom stereocenters. The van der Waals surface area contributed by atoms with E-state index in [9.17, 15) is 4.79 Å². The zero-order valence-corrected chi connectivity index (χ0v) is 6.70. The minimum absolute atomic E-state index is 0.271. The molecule has 0 aliphatic rings. The van der Waals surface area contributed by atoms with Gasteiger partial charge >= 0.3 is 5.63 Å². The van der Waals surface area contributed by atoms with E-state index in [1.54, 1.807) is 12.1 Å². The fourth-order valence-corrected chi connectivity index (χ4v) is 1.24. The summed E-state index contributed by atoms with van der Waals surface area (Å²) in [6, 6.07) is 7.45. The van der Waals surface area contributed by atoms with Crippen LogP contribution in [0.2, 0.25) is 0 Å². The van der Waals surface area contributed by atoms with E-state index in [1.807, 2.05) is 19.1 Å². The van der Waals surface area contributed by atoms with Crippen molar-refractivity contribution in [1.29, 1.82) is 0 Å². The second-order valence-electron chi connectivity index (χ2n) is 2.80. The molecule has 2 nitrogen and oxygen atoms in total. The molecule has 12 heavy (non-hydrogen) atoms. The lowest BCUT2D eigenvalue weighted by atomic mass is 10.1. The van der Waals surface area contributed by atoms with Gasteiger partial charge in [-0.3, -0.25) is 0 Å². The number of benzene rings is 1. The molecule has 0 spiro atoms. The second-order valence-corrected chi connectivity index (χ2v) is 2.80. The summed E-state index contributed by atoms with van der Waals surface area (Å²) in [7, 11) is 0. The molecular formula is C10H8O2. The van der Waals surface area contributed by atoms with Crippen LogP contribution in [-0.2, 0) is 0 Å².